The van der Waals surface area contributed by atoms with E-state index in [9.17, 15) is 0 Å². The van der Waals surface area contributed by atoms with Crippen molar-refractivity contribution in [2.75, 3.05) is 6.54 Å². The topological polar surface area (TPSA) is 24.4 Å². The van der Waals surface area contributed by atoms with Crippen LogP contribution in [0.3, 0.4) is 0 Å². The van der Waals surface area contributed by atoms with Crippen LogP contribution in [0.1, 0.15) is 26.7 Å². The standard InChI is InChI=1S/C9H16N2/c1-3-10-7-9-5-4-6-11-8(9)2/h3,7-8,11H,4-6H2,1-2H3/b9-7-,10-3?. The Morgan fingerprint density at radius 1 is 1.64 bits per heavy atom. The molecule has 1 aliphatic heterocycles. The van der Waals surface area contributed by atoms with Crippen LogP contribution < -0.4 is 5.32 Å². The van der Waals surface area contributed by atoms with Gasteiger partial charge in [0.1, 0.15) is 0 Å². The highest BCUT2D eigenvalue weighted by atomic mass is 14.9. The van der Waals surface area contributed by atoms with Crippen molar-refractivity contribution in [3.63, 3.8) is 0 Å². The molecule has 1 heterocycles. The number of aliphatic imine (C=N–C) groups is 1. The molecular formula is C9H16N2. The van der Waals surface area contributed by atoms with Gasteiger partial charge in [0.25, 0.3) is 0 Å². The van der Waals surface area contributed by atoms with Crippen molar-refractivity contribution in [2.24, 2.45) is 4.99 Å². The molecular weight excluding hydrogens is 136 g/mol. The SMILES string of the molecule is CC=N/C=C1/CCCNC1C. The summed E-state index contributed by atoms with van der Waals surface area (Å²) in [5.74, 6) is 0. The molecule has 0 saturated carbocycles. The van der Waals surface area contributed by atoms with Gasteiger partial charge in [-0.15, -0.1) is 0 Å². The van der Waals surface area contributed by atoms with Gasteiger partial charge in [-0.25, -0.2) is 0 Å². The summed E-state index contributed by atoms with van der Waals surface area (Å²) in [6.07, 6.45) is 6.26. The van der Waals surface area contributed by atoms with E-state index in [1.54, 1.807) is 0 Å². The van der Waals surface area contributed by atoms with Crippen molar-refractivity contribution >= 4 is 6.21 Å². The first kappa shape index (κ1) is 8.47. The molecule has 2 heteroatoms. The quantitative estimate of drug-likeness (QED) is 0.568. The normalized spacial score (nSPS) is 30.0. The van der Waals surface area contributed by atoms with Gasteiger partial charge in [0.05, 0.1) is 0 Å². The molecule has 0 spiro atoms. The Bertz CT molecular complexity index is 170. The van der Waals surface area contributed by atoms with Crippen molar-refractivity contribution in [3.8, 4) is 0 Å². The fourth-order valence-corrected chi connectivity index (χ4v) is 1.31. The van der Waals surface area contributed by atoms with Crippen molar-refractivity contribution in [3.05, 3.63) is 11.8 Å². The zero-order valence-electron chi connectivity index (χ0n) is 7.30. The van der Waals surface area contributed by atoms with Crippen LogP contribution >= 0.6 is 0 Å². The van der Waals surface area contributed by atoms with E-state index in [4.69, 9.17) is 0 Å². The number of hydrogen-bond donors (Lipinski definition) is 1. The Kier molecular flexibility index (Phi) is 3.30. The predicted molar refractivity (Wildman–Crippen MR) is 48.9 cm³/mol. The molecule has 0 bridgehead atoms. The lowest BCUT2D eigenvalue weighted by Crippen LogP contribution is -2.33. The molecule has 2 nitrogen and oxygen atoms in total. The molecule has 1 rings (SSSR count). The average molecular weight is 152 g/mol. The first-order valence-corrected chi connectivity index (χ1v) is 4.24. The van der Waals surface area contributed by atoms with Gasteiger partial charge >= 0.3 is 0 Å². The second-order valence-electron chi connectivity index (χ2n) is 2.89. The molecule has 11 heavy (non-hydrogen) atoms. The summed E-state index contributed by atoms with van der Waals surface area (Å²) in [4.78, 5) is 4.12. The number of hydrogen-bond acceptors (Lipinski definition) is 2. The van der Waals surface area contributed by atoms with E-state index >= 15 is 0 Å². The van der Waals surface area contributed by atoms with E-state index in [0.29, 0.717) is 6.04 Å². The van der Waals surface area contributed by atoms with E-state index in [0.717, 1.165) is 6.54 Å². The lowest BCUT2D eigenvalue weighted by atomic mass is 10.0. The van der Waals surface area contributed by atoms with Gasteiger partial charge < -0.3 is 5.32 Å². The molecule has 0 aromatic heterocycles. The number of nitrogens with zero attached hydrogens (tertiary/aromatic N) is 1. The molecule has 0 radical (unpaired) electrons. The maximum absolute atomic E-state index is 4.12. The lowest BCUT2D eigenvalue weighted by Gasteiger charge is -2.22. The van der Waals surface area contributed by atoms with E-state index in [2.05, 4.69) is 17.2 Å². The van der Waals surface area contributed by atoms with Crippen LogP contribution in [0.25, 0.3) is 0 Å². The summed E-state index contributed by atoms with van der Waals surface area (Å²) in [5.41, 5.74) is 1.43. The molecule has 1 aliphatic rings. The summed E-state index contributed by atoms with van der Waals surface area (Å²) >= 11 is 0. The highest BCUT2D eigenvalue weighted by Gasteiger charge is 2.11. The van der Waals surface area contributed by atoms with Crippen LogP contribution in [-0.4, -0.2) is 18.8 Å². The molecule has 0 aromatic carbocycles. The largest absolute Gasteiger partial charge is 0.310 e. The molecule has 1 unspecified atom stereocenters. The Balaban J connectivity index is 2.53. The highest BCUT2D eigenvalue weighted by molar-refractivity contribution is 5.54. The third-order valence-electron chi connectivity index (χ3n) is 2.04. The van der Waals surface area contributed by atoms with Gasteiger partial charge in [-0.1, -0.05) is 0 Å². The third kappa shape index (κ3) is 2.46. The number of piperidine rings is 1. The molecule has 1 fully saturated rings. The minimum absolute atomic E-state index is 0.521. The number of rotatable bonds is 1. The lowest BCUT2D eigenvalue weighted by molar-refractivity contribution is 0.515. The van der Waals surface area contributed by atoms with Crippen LogP contribution in [0, 0.1) is 0 Å². The highest BCUT2D eigenvalue weighted by Crippen LogP contribution is 2.14. The summed E-state index contributed by atoms with van der Waals surface area (Å²) < 4.78 is 0. The van der Waals surface area contributed by atoms with Crippen molar-refractivity contribution in [2.45, 2.75) is 32.7 Å². The maximum atomic E-state index is 4.12. The minimum Gasteiger partial charge on any atom is -0.310 e. The van der Waals surface area contributed by atoms with Crippen molar-refractivity contribution in [1.29, 1.82) is 0 Å². The Morgan fingerprint density at radius 3 is 3.09 bits per heavy atom. The summed E-state index contributed by atoms with van der Waals surface area (Å²) in [7, 11) is 0. The third-order valence-corrected chi connectivity index (χ3v) is 2.04. The van der Waals surface area contributed by atoms with E-state index in [-0.39, 0.29) is 0 Å². The number of nitrogens with one attached hydrogen (secondary N) is 1. The van der Waals surface area contributed by atoms with Crippen LogP contribution in [0.4, 0.5) is 0 Å². The average Bonchev–Trinajstić information content (AvgIpc) is 2.03. The summed E-state index contributed by atoms with van der Waals surface area (Å²) in [6, 6.07) is 0.521. The van der Waals surface area contributed by atoms with E-state index in [1.807, 2.05) is 19.3 Å². The fourth-order valence-electron chi connectivity index (χ4n) is 1.31. The summed E-state index contributed by atoms with van der Waals surface area (Å²) in [6.45, 7) is 5.28. The molecule has 0 amide bonds. The molecule has 62 valence electrons. The predicted octanol–water partition coefficient (Wildman–Crippen LogP) is 1.73. The zero-order valence-corrected chi connectivity index (χ0v) is 7.30. The Hall–Kier alpha value is -0.630. The van der Waals surface area contributed by atoms with Gasteiger partial charge in [-0.2, -0.15) is 0 Å². The first-order chi connectivity index (χ1) is 5.34. The fraction of sp³-hybridized carbons (Fsp3) is 0.667. The van der Waals surface area contributed by atoms with Crippen LogP contribution in [0.15, 0.2) is 16.8 Å². The molecule has 1 saturated heterocycles. The van der Waals surface area contributed by atoms with E-state index < -0.39 is 0 Å². The molecule has 1 atom stereocenters. The Morgan fingerprint density at radius 2 is 2.45 bits per heavy atom. The molecule has 1 N–H and O–H groups in total. The second-order valence-corrected chi connectivity index (χ2v) is 2.89. The van der Waals surface area contributed by atoms with Gasteiger partial charge in [0.15, 0.2) is 0 Å². The van der Waals surface area contributed by atoms with Gasteiger partial charge in [-0.3, -0.25) is 4.99 Å². The minimum atomic E-state index is 0.521. The molecule has 0 aliphatic carbocycles. The van der Waals surface area contributed by atoms with Gasteiger partial charge in [0, 0.05) is 18.5 Å². The van der Waals surface area contributed by atoms with Crippen molar-refractivity contribution < 1.29 is 0 Å². The van der Waals surface area contributed by atoms with Gasteiger partial charge in [0.2, 0.25) is 0 Å². The zero-order chi connectivity index (χ0) is 8.10. The van der Waals surface area contributed by atoms with E-state index in [1.165, 1.54) is 18.4 Å². The van der Waals surface area contributed by atoms with Gasteiger partial charge in [-0.05, 0) is 38.8 Å². The Labute approximate surface area is 68.4 Å². The van der Waals surface area contributed by atoms with Crippen LogP contribution in [0.2, 0.25) is 0 Å². The van der Waals surface area contributed by atoms with Crippen LogP contribution in [0.5, 0.6) is 0 Å². The first-order valence-electron chi connectivity index (χ1n) is 4.24. The summed E-state index contributed by atoms with van der Waals surface area (Å²) in [5, 5.41) is 3.40. The second kappa shape index (κ2) is 4.29. The monoisotopic (exact) mass is 152 g/mol. The maximum Gasteiger partial charge on any atom is 0.0271 e. The smallest absolute Gasteiger partial charge is 0.0271 e. The molecule has 0 aromatic rings. The van der Waals surface area contributed by atoms with Crippen molar-refractivity contribution in [1.82, 2.24) is 5.32 Å². The van der Waals surface area contributed by atoms with Crippen LogP contribution in [-0.2, 0) is 0 Å².